The minimum absolute atomic E-state index is 0. The first-order valence-electron chi connectivity index (χ1n) is 6.74. The molecule has 0 spiro atoms. The molecule has 24 heavy (non-hydrogen) atoms. The average molecular weight is 510 g/mol. The molecule has 0 fully saturated rings. The van der Waals surface area contributed by atoms with Gasteiger partial charge in [0.1, 0.15) is 0 Å². The fraction of sp³-hybridized carbons (Fsp3) is 0.500. The van der Waals surface area contributed by atoms with E-state index < -0.39 is 25.3 Å². The third-order valence-electron chi connectivity index (χ3n) is 2.85. The topological polar surface area (TPSA) is 150 Å². The Labute approximate surface area is 153 Å². The van der Waals surface area contributed by atoms with Crippen LogP contribution >= 0.6 is 0 Å². The van der Waals surface area contributed by atoms with Crippen molar-refractivity contribution in [2.24, 2.45) is 0 Å². The number of aliphatic carboxylic acids is 1. The van der Waals surface area contributed by atoms with Crippen LogP contribution in [-0.4, -0.2) is 38.7 Å². The number of carbonyl (C=O) groups excluding carboxylic acids is 1. The van der Waals surface area contributed by atoms with Gasteiger partial charge in [-0.3, -0.25) is 0 Å². The van der Waals surface area contributed by atoms with E-state index in [0.29, 0.717) is 0 Å². The first kappa shape index (κ1) is 24.7. The SMILES string of the molecule is Cc1cc(C)n(C(C(=O)[O-])n2nc(C)cc2C)n1.[O-2].[O-]CC[O-].[Re]. The zero-order valence-corrected chi connectivity index (χ0v) is 16.6. The zero-order valence-electron chi connectivity index (χ0n) is 13.9. The number of aromatic nitrogens is 4. The van der Waals surface area contributed by atoms with Gasteiger partial charge < -0.3 is 25.6 Å². The van der Waals surface area contributed by atoms with Crippen molar-refractivity contribution in [1.82, 2.24) is 19.6 Å². The maximum atomic E-state index is 11.4. The van der Waals surface area contributed by atoms with Crippen LogP contribution in [0.1, 0.15) is 28.9 Å². The number of carbonyl (C=O) groups is 1. The first-order valence-corrected chi connectivity index (χ1v) is 6.74. The summed E-state index contributed by atoms with van der Waals surface area (Å²) < 4.78 is 2.84. The summed E-state index contributed by atoms with van der Waals surface area (Å²) in [6.45, 7) is 6.28. The summed E-state index contributed by atoms with van der Waals surface area (Å²) in [7, 11) is 0. The molecule has 0 aliphatic rings. The van der Waals surface area contributed by atoms with Gasteiger partial charge in [-0.05, 0) is 39.8 Å². The average Bonchev–Trinajstić information content (AvgIpc) is 2.93. The van der Waals surface area contributed by atoms with E-state index in [-0.39, 0.29) is 25.9 Å². The summed E-state index contributed by atoms with van der Waals surface area (Å²) in [6, 6.07) is 3.64. The van der Waals surface area contributed by atoms with Gasteiger partial charge in [0.15, 0.2) is 6.17 Å². The van der Waals surface area contributed by atoms with Gasteiger partial charge in [0.25, 0.3) is 0 Å². The zero-order chi connectivity index (χ0) is 16.9. The van der Waals surface area contributed by atoms with Crippen molar-refractivity contribution >= 4 is 5.97 Å². The predicted octanol–water partition coefficient (Wildman–Crippen LogP) is -2.30. The van der Waals surface area contributed by atoms with Crippen molar-refractivity contribution < 1.29 is 46.0 Å². The molecule has 2 aromatic heterocycles. The van der Waals surface area contributed by atoms with Crippen molar-refractivity contribution in [3.8, 4) is 0 Å². The standard InChI is InChI=1S/C12H16N4O2.C2H4O2.O.Re/c1-7-5-9(3)15(13-7)11(12(17)18)16-10(4)6-8(2)14-16;3-1-2-4;;/h5-6,11H,1-4H3,(H,17,18);1-2H2;;/q;2*-2;/p-1. The fourth-order valence-corrected chi connectivity index (χ4v) is 2.09. The molecule has 137 valence electrons. The summed E-state index contributed by atoms with van der Waals surface area (Å²) in [6.07, 6.45) is -1.05. The molecule has 0 aromatic carbocycles. The second kappa shape index (κ2) is 11.1. The van der Waals surface area contributed by atoms with E-state index in [1.165, 1.54) is 9.36 Å². The number of carboxylic acids is 1. The smallest absolute Gasteiger partial charge is 0.183 e. The van der Waals surface area contributed by atoms with Gasteiger partial charge in [-0.1, -0.05) is 0 Å². The van der Waals surface area contributed by atoms with Crippen molar-refractivity contribution in [3.05, 3.63) is 34.9 Å². The first-order chi connectivity index (χ1) is 10.3. The molecular weight excluding hydrogens is 490 g/mol. The summed E-state index contributed by atoms with van der Waals surface area (Å²) in [5.74, 6) is -1.23. The van der Waals surface area contributed by atoms with Gasteiger partial charge in [-0.2, -0.15) is 23.4 Å². The third kappa shape index (κ3) is 6.15. The van der Waals surface area contributed by atoms with Crippen LogP contribution in [0.3, 0.4) is 0 Å². The number of hydrogen-bond acceptors (Lipinski definition) is 6. The van der Waals surface area contributed by atoms with Crippen molar-refractivity contribution in [2.45, 2.75) is 33.9 Å². The molecule has 2 aromatic rings. The second-order valence-corrected chi connectivity index (χ2v) is 4.84. The number of aryl methyl sites for hydroxylation is 4. The van der Waals surface area contributed by atoms with Crippen LogP contribution in [0.2, 0.25) is 0 Å². The van der Waals surface area contributed by atoms with Crippen LogP contribution in [0.4, 0.5) is 0 Å². The summed E-state index contributed by atoms with van der Waals surface area (Å²) in [4.78, 5) is 11.4. The Bertz CT molecular complexity index is 593. The predicted molar refractivity (Wildman–Crippen MR) is 73.3 cm³/mol. The number of hydrogen-bond donors (Lipinski definition) is 0. The molecule has 0 unspecified atom stereocenters. The van der Waals surface area contributed by atoms with E-state index in [1.807, 2.05) is 39.8 Å². The van der Waals surface area contributed by atoms with Gasteiger partial charge in [-0.25, -0.2) is 9.36 Å². The summed E-state index contributed by atoms with van der Waals surface area (Å²) in [5, 5.41) is 37.7. The number of rotatable bonds is 4. The van der Waals surface area contributed by atoms with E-state index in [4.69, 9.17) is 10.2 Å². The Balaban J connectivity index is 0. The minimum Gasteiger partial charge on any atom is -2.00 e. The second-order valence-electron chi connectivity index (χ2n) is 4.84. The Hall–Kier alpha value is -1.57. The molecule has 0 saturated carbocycles. The Morgan fingerprint density at radius 1 is 1.00 bits per heavy atom. The van der Waals surface area contributed by atoms with Crippen molar-refractivity contribution in [1.29, 1.82) is 0 Å². The molecule has 0 atom stereocenters. The number of nitrogens with zero attached hydrogens (tertiary/aromatic N) is 4. The van der Waals surface area contributed by atoms with Gasteiger partial charge in [0.2, 0.25) is 0 Å². The van der Waals surface area contributed by atoms with E-state index in [2.05, 4.69) is 10.2 Å². The van der Waals surface area contributed by atoms with Crippen LogP contribution in [-0.2, 0) is 30.7 Å². The van der Waals surface area contributed by atoms with E-state index in [0.717, 1.165) is 22.8 Å². The summed E-state index contributed by atoms with van der Waals surface area (Å²) >= 11 is 0. The van der Waals surface area contributed by atoms with Gasteiger partial charge in [0, 0.05) is 31.8 Å². The molecule has 10 heteroatoms. The molecule has 0 bridgehead atoms. The number of carboxylic acid groups (broad SMARTS) is 1. The Kier molecular flexibility index (Phi) is 11.4. The van der Waals surface area contributed by atoms with Crippen LogP contribution < -0.4 is 15.3 Å². The molecule has 9 nitrogen and oxygen atoms in total. The Morgan fingerprint density at radius 3 is 1.50 bits per heavy atom. The molecule has 0 N–H and O–H groups in total. The van der Waals surface area contributed by atoms with Gasteiger partial charge in [-0.15, -0.1) is 0 Å². The van der Waals surface area contributed by atoms with Crippen LogP contribution in [0, 0.1) is 27.7 Å². The molecule has 1 radical (unpaired) electrons. The maximum absolute atomic E-state index is 11.4. The van der Waals surface area contributed by atoms with Crippen LogP contribution in [0.15, 0.2) is 12.1 Å². The largest absolute Gasteiger partial charge is 2.00 e. The molecule has 0 amide bonds. The van der Waals surface area contributed by atoms with Crippen molar-refractivity contribution in [2.75, 3.05) is 13.2 Å². The quantitative estimate of drug-likeness (QED) is 0.452. The molecule has 2 heterocycles. The minimum atomic E-state index is -1.23. The van der Waals surface area contributed by atoms with E-state index >= 15 is 0 Å². The molecule has 0 saturated heterocycles. The third-order valence-corrected chi connectivity index (χ3v) is 2.85. The molecule has 2 rings (SSSR count). The fourth-order valence-electron chi connectivity index (χ4n) is 2.09. The molecule has 0 aliphatic carbocycles. The van der Waals surface area contributed by atoms with Gasteiger partial charge >= 0.3 is 0 Å². The van der Waals surface area contributed by atoms with E-state index in [1.54, 1.807) is 0 Å². The summed E-state index contributed by atoms with van der Waals surface area (Å²) in [5.41, 5.74) is 3.05. The van der Waals surface area contributed by atoms with Gasteiger partial charge in [0.05, 0.1) is 17.4 Å². The van der Waals surface area contributed by atoms with Crippen molar-refractivity contribution in [3.63, 3.8) is 0 Å². The molecule has 0 aliphatic heterocycles. The Morgan fingerprint density at radius 2 is 1.33 bits per heavy atom. The molecular formula is C14H19N4O5Re-5. The van der Waals surface area contributed by atoms with E-state index in [9.17, 15) is 9.90 Å². The van der Waals surface area contributed by atoms with Crippen LogP contribution in [0.25, 0.3) is 0 Å². The monoisotopic (exact) mass is 510 g/mol. The normalized spacial score (nSPS) is 9.62. The van der Waals surface area contributed by atoms with Crippen LogP contribution in [0.5, 0.6) is 0 Å². The maximum Gasteiger partial charge on any atom is 0.183 e.